The molecule has 3 heterocycles. The zero-order chi connectivity index (χ0) is 17.4. The Morgan fingerprint density at radius 2 is 1.96 bits per heavy atom. The Morgan fingerprint density at radius 1 is 1.16 bits per heavy atom. The molecular formula is C19H22FN3O2. The van der Waals surface area contributed by atoms with Gasteiger partial charge in [0.1, 0.15) is 5.75 Å². The molecule has 0 saturated carbocycles. The summed E-state index contributed by atoms with van der Waals surface area (Å²) in [7, 11) is 1.66. The number of morpholine rings is 1. The van der Waals surface area contributed by atoms with Crippen molar-refractivity contribution < 1.29 is 13.9 Å². The lowest BCUT2D eigenvalue weighted by atomic mass is 10.1. The van der Waals surface area contributed by atoms with Crippen molar-refractivity contribution in [2.75, 3.05) is 40.0 Å². The number of hydrogen-bond acceptors (Lipinski definition) is 4. The molecular weight excluding hydrogens is 321 g/mol. The van der Waals surface area contributed by atoms with Crippen LogP contribution >= 0.6 is 0 Å². The number of nitrogens with zero attached hydrogens (tertiary/aromatic N) is 3. The van der Waals surface area contributed by atoms with Gasteiger partial charge < -0.3 is 14.0 Å². The summed E-state index contributed by atoms with van der Waals surface area (Å²) < 4.78 is 26.9. The van der Waals surface area contributed by atoms with Gasteiger partial charge in [-0.1, -0.05) is 0 Å². The van der Waals surface area contributed by atoms with E-state index in [1.54, 1.807) is 7.11 Å². The zero-order valence-electron chi connectivity index (χ0n) is 14.6. The molecule has 0 bridgehead atoms. The van der Waals surface area contributed by atoms with Crippen LogP contribution in [-0.4, -0.2) is 54.4 Å². The molecule has 1 aromatic carbocycles. The van der Waals surface area contributed by atoms with Crippen molar-refractivity contribution in [1.82, 2.24) is 14.5 Å². The first-order chi connectivity index (χ1) is 12.2. The molecule has 1 fully saturated rings. The van der Waals surface area contributed by atoms with E-state index in [1.165, 1.54) is 6.07 Å². The van der Waals surface area contributed by atoms with E-state index in [4.69, 9.17) is 9.47 Å². The lowest BCUT2D eigenvalue weighted by molar-refractivity contribution is 0.0366. The van der Waals surface area contributed by atoms with E-state index >= 15 is 0 Å². The molecule has 1 aliphatic rings. The van der Waals surface area contributed by atoms with Crippen LogP contribution in [0, 0.1) is 12.9 Å². The number of pyridine rings is 1. The first-order valence-electron chi connectivity index (χ1n) is 8.60. The zero-order valence-corrected chi connectivity index (χ0v) is 14.6. The van der Waals surface area contributed by atoms with Crippen LogP contribution in [0.5, 0.6) is 5.75 Å². The molecule has 0 unspecified atom stereocenters. The molecule has 0 radical (unpaired) electrons. The van der Waals surface area contributed by atoms with Crippen LogP contribution < -0.4 is 4.74 Å². The summed E-state index contributed by atoms with van der Waals surface area (Å²) in [4.78, 5) is 6.44. The van der Waals surface area contributed by atoms with E-state index in [1.807, 2.05) is 25.1 Å². The third-order valence-corrected chi connectivity index (χ3v) is 4.94. The van der Waals surface area contributed by atoms with Crippen molar-refractivity contribution in [2.45, 2.75) is 13.5 Å². The predicted molar refractivity (Wildman–Crippen MR) is 95.7 cm³/mol. The third kappa shape index (κ3) is 2.96. The Balaban J connectivity index is 1.83. The van der Waals surface area contributed by atoms with Gasteiger partial charge in [0.25, 0.3) is 0 Å². The predicted octanol–water partition coefficient (Wildman–Crippen LogP) is 2.98. The van der Waals surface area contributed by atoms with Gasteiger partial charge in [-0.05, 0) is 19.1 Å². The van der Waals surface area contributed by atoms with E-state index in [0.29, 0.717) is 5.69 Å². The average Bonchev–Trinajstić information content (AvgIpc) is 2.94. The largest absolute Gasteiger partial charge is 0.497 e. The summed E-state index contributed by atoms with van der Waals surface area (Å²) in [5, 5.41) is 1.94. The highest BCUT2D eigenvalue weighted by atomic mass is 19.1. The quantitative estimate of drug-likeness (QED) is 0.683. The maximum Gasteiger partial charge on any atom is 0.213 e. The van der Waals surface area contributed by atoms with Crippen molar-refractivity contribution >= 4 is 21.8 Å². The van der Waals surface area contributed by atoms with Crippen LogP contribution in [-0.2, 0) is 11.3 Å². The van der Waals surface area contributed by atoms with Gasteiger partial charge in [-0.2, -0.15) is 4.39 Å². The standard InChI is InChI=1S/C19H22FN3O2/c1-13-19-16(12-18(20)21-13)15-4-3-14(24-2)11-17(15)23(19)6-5-22-7-9-25-10-8-22/h3-4,11-12H,5-10H2,1-2H3. The first-order valence-corrected chi connectivity index (χ1v) is 8.60. The second-order valence-corrected chi connectivity index (χ2v) is 6.42. The fourth-order valence-corrected chi connectivity index (χ4v) is 3.68. The molecule has 132 valence electrons. The maximum atomic E-state index is 13.9. The smallest absolute Gasteiger partial charge is 0.213 e. The van der Waals surface area contributed by atoms with Gasteiger partial charge in [-0.15, -0.1) is 0 Å². The first kappa shape index (κ1) is 16.3. The van der Waals surface area contributed by atoms with Crippen LogP contribution in [0.15, 0.2) is 24.3 Å². The normalized spacial score (nSPS) is 16.0. The highest BCUT2D eigenvalue weighted by Gasteiger charge is 2.17. The monoisotopic (exact) mass is 343 g/mol. The van der Waals surface area contributed by atoms with Gasteiger partial charge in [-0.25, -0.2) is 4.98 Å². The average molecular weight is 343 g/mol. The van der Waals surface area contributed by atoms with Gasteiger partial charge >= 0.3 is 0 Å². The molecule has 3 aromatic rings. The van der Waals surface area contributed by atoms with Crippen molar-refractivity contribution in [3.63, 3.8) is 0 Å². The van der Waals surface area contributed by atoms with Gasteiger partial charge in [0.05, 0.1) is 37.1 Å². The molecule has 0 aliphatic carbocycles. The van der Waals surface area contributed by atoms with Gasteiger partial charge in [0.15, 0.2) is 0 Å². The summed E-state index contributed by atoms with van der Waals surface area (Å²) in [5.41, 5.74) is 2.77. The van der Waals surface area contributed by atoms with Crippen molar-refractivity contribution in [2.24, 2.45) is 0 Å². The Bertz CT molecular complexity index is 916. The Hall–Kier alpha value is -2.18. The molecule has 2 aromatic heterocycles. The minimum Gasteiger partial charge on any atom is -0.497 e. The molecule has 0 spiro atoms. The second-order valence-electron chi connectivity index (χ2n) is 6.42. The van der Waals surface area contributed by atoms with E-state index in [9.17, 15) is 4.39 Å². The summed E-state index contributed by atoms with van der Waals surface area (Å²) in [6.45, 7) is 7.09. The third-order valence-electron chi connectivity index (χ3n) is 4.94. The van der Waals surface area contributed by atoms with Gasteiger partial charge in [-0.3, -0.25) is 4.90 Å². The molecule has 25 heavy (non-hydrogen) atoms. The topological polar surface area (TPSA) is 39.5 Å². The summed E-state index contributed by atoms with van der Waals surface area (Å²) in [6.07, 6.45) is 0. The molecule has 0 atom stereocenters. The number of hydrogen-bond donors (Lipinski definition) is 0. The highest BCUT2D eigenvalue weighted by Crippen LogP contribution is 2.33. The van der Waals surface area contributed by atoms with Crippen molar-refractivity contribution in [3.8, 4) is 5.75 Å². The van der Waals surface area contributed by atoms with Crippen LogP contribution in [0.1, 0.15) is 5.69 Å². The molecule has 4 rings (SSSR count). The minimum atomic E-state index is -0.437. The molecule has 0 N–H and O–H groups in total. The van der Waals surface area contributed by atoms with E-state index in [2.05, 4.69) is 14.5 Å². The van der Waals surface area contributed by atoms with E-state index in [-0.39, 0.29) is 0 Å². The Labute approximate surface area is 145 Å². The number of fused-ring (bicyclic) bond motifs is 3. The fourth-order valence-electron chi connectivity index (χ4n) is 3.68. The number of halogens is 1. The molecule has 0 amide bonds. The number of methoxy groups -OCH3 is 1. The Kier molecular flexibility index (Phi) is 4.31. The number of ether oxygens (including phenoxy) is 2. The van der Waals surface area contributed by atoms with Crippen LogP contribution in [0.2, 0.25) is 0 Å². The molecule has 5 nitrogen and oxygen atoms in total. The number of aromatic nitrogens is 2. The second kappa shape index (κ2) is 6.61. The number of benzene rings is 1. The van der Waals surface area contributed by atoms with Gasteiger partial charge in [0, 0.05) is 49.1 Å². The van der Waals surface area contributed by atoms with Crippen molar-refractivity contribution in [1.29, 1.82) is 0 Å². The van der Waals surface area contributed by atoms with Gasteiger partial charge in [0.2, 0.25) is 5.95 Å². The van der Waals surface area contributed by atoms with E-state index in [0.717, 1.165) is 66.9 Å². The summed E-state index contributed by atoms with van der Waals surface area (Å²) >= 11 is 0. The minimum absolute atomic E-state index is 0.437. The number of aryl methyl sites for hydroxylation is 1. The van der Waals surface area contributed by atoms with Crippen LogP contribution in [0.4, 0.5) is 4.39 Å². The summed E-state index contributed by atoms with van der Waals surface area (Å²) in [6, 6.07) is 7.47. The lowest BCUT2D eigenvalue weighted by Crippen LogP contribution is -2.38. The maximum absolute atomic E-state index is 13.9. The molecule has 1 saturated heterocycles. The Morgan fingerprint density at radius 3 is 2.72 bits per heavy atom. The molecule has 6 heteroatoms. The number of rotatable bonds is 4. The van der Waals surface area contributed by atoms with Crippen LogP contribution in [0.3, 0.4) is 0 Å². The fraction of sp³-hybridized carbons (Fsp3) is 0.421. The van der Waals surface area contributed by atoms with Crippen LogP contribution in [0.25, 0.3) is 21.8 Å². The SMILES string of the molecule is COc1ccc2c3cc(F)nc(C)c3n(CCN3CCOCC3)c2c1. The van der Waals surface area contributed by atoms with E-state index < -0.39 is 5.95 Å². The molecule has 1 aliphatic heterocycles. The lowest BCUT2D eigenvalue weighted by Gasteiger charge is -2.27. The van der Waals surface area contributed by atoms with Crippen molar-refractivity contribution in [3.05, 3.63) is 35.9 Å². The highest BCUT2D eigenvalue weighted by molar-refractivity contribution is 6.09. The summed E-state index contributed by atoms with van der Waals surface area (Å²) in [5.74, 6) is 0.363.